The summed E-state index contributed by atoms with van der Waals surface area (Å²) in [6.45, 7) is 0. The van der Waals surface area contributed by atoms with Crippen molar-refractivity contribution in [3.05, 3.63) is 80.1 Å². The highest BCUT2D eigenvalue weighted by Crippen LogP contribution is 2.23. The van der Waals surface area contributed by atoms with Gasteiger partial charge in [-0.1, -0.05) is 41.4 Å². The maximum absolute atomic E-state index is 12.0. The van der Waals surface area contributed by atoms with Crippen LogP contribution in [0, 0.1) is 0 Å². The van der Waals surface area contributed by atoms with Crippen molar-refractivity contribution in [2.24, 2.45) is 0 Å². The standard InChI is InChI=1S/C17H10Cl2O2/c18-12-7-5-11(15(19)9-12)6-8-13-10-16(20)14-3-1-2-4-17(14)21-13/h1-10H/b8-6+. The van der Waals surface area contributed by atoms with Crippen LogP contribution in [0.3, 0.4) is 0 Å². The molecular weight excluding hydrogens is 307 g/mol. The van der Waals surface area contributed by atoms with Crippen LogP contribution in [0.25, 0.3) is 23.1 Å². The fourth-order valence-electron chi connectivity index (χ4n) is 2.01. The first-order valence-corrected chi connectivity index (χ1v) is 7.05. The molecule has 1 aromatic heterocycles. The number of hydrogen-bond donors (Lipinski definition) is 0. The number of fused-ring (bicyclic) bond motifs is 1. The van der Waals surface area contributed by atoms with Crippen LogP contribution in [0.1, 0.15) is 11.3 Å². The van der Waals surface area contributed by atoms with Crippen LogP contribution in [-0.4, -0.2) is 0 Å². The van der Waals surface area contributed by atoms with E-state index in [-0.39, 0.29) is 5.43 Å². The molecule has 1 heterocycles. The molecule has 4 heteroatoms. The van der Waals surface area contributed by atoms with Gasteiger partial charge in [-0.05, 0) is 42.0 Å². The molecule has 0 radical (unpaired) electrons. The summed E-state index contributed by atoms with van der Waals surface area (Å²) in [6, 6.07) is 13.8. The topological polar surface area (TPSA) is 30.2 Å². The third-order valence-corrected chi connectivity index (χ3v) is 3.61. The smallest absolute Gasteiger partial charge is 0.193 e. The van der Waals surface area contributed by atoms with E-state index in [2.05, 4.69) is 0 Å². The van der Waals surface area contributed by atoms with Crippen molar-refractivity contribution in [1.29, 1.82) is 0 Å². The first-order chi connectivity index (χ1) is 10.1. The summed E-state index contributed by atoms with van der Waals surface area (Å²) in [7, 11) is 0. The zero-order valence-corrected chi connectivity index (χ0v) is 12.4. The lowest BCUT2D eigenvalue weighted by atomic mass is 10.2. The fourth-order valence-corrected chi connectivity index (χ4v) is 2.48. The molecule has 0 aliphatic carbocycles. The summed E-state index contributed by atoms with van der Waals surface area (Å²) in [4.78, 5) is 12.0. The van der Waals surface area contributed by atoms with Crippen LogP contribution >= 0.6 is 23.2 Å². The molecule has 0 atom stereocenters. The van der Waals surface area contributed by atoms with Gasteiger partial charge in [0.1, 0.15) is 11.3 Å². The lowest BCUT2D eigenvalue weighted by molar-refractivity contribution is 0.591. The minimum atomic E-state index is -0.0706. The van der Waals surface area contributed by atoms with Crippen molar-refractivity contribution in [3.63, 3.8) is 0 Å². The van der Waals surface area contributed by atoms with E-state index in [1.54, 1.807) is 42.5 Å². The van der Waals surface area contributed by atoms with Crippen molar-refractivity contribution in [1.82, 2.24) is 0 Å². The van der Waals surface area contributed by atoms with Gasteiger partial charge >= 0.3 is 0 Å². The Morgan fingerprint density at radius 3 is 2.57 bits per heavy atom. The second kappa shape index (κ2) is 5.76. The predicted octanol–water partition coefficient (Wildman–Crippen LogP) is 5.27. The molecule has 0 bridgehead atoms. The van der Waals surface area contributed by atoms with Crippen molar-refractivity contribution >= 4 is 46.3 Å². The number of hydrogen-bond acceptors (Lipinski definition) is 2. The Labute approximate surface area is 131 Å². The lowest BCUT2D eigenvalue weighted by Crippen LogP contribution is -1.99. The molecule has 0 spiro atoms. The SMILES string of the molecule is O=c1cc(/C=C/c2ccc(Cl)cc2Cl)oc2ccccc12. The Balaban J connectivity index is 2.01. The molecule has 0 unspecified atom stereocenters. The first-order valence-electron chi connectivity index (χ1n) is 6.29. The van der Waals surface area contributed by atoms with Gasteiger partial charge in [-0.2, -0.15) is 0 Å². The monoisotopic (exact) mass is 316 g/mol. The van der Waals surface area contributed by atoms with Crippen molar-refractivity contribution in [2.75, 3.05) is 0 Å². The van der Waals surface area contributed by atoms with E-state index in [0.717, 1.165) is 5.56 Å². The Bertz CT molecular complexity index is 895. The Kier molecular flexibility index (Phi) is 3.82. The van der Waals surface area contributed by atoms with E-state index in [1.807, 2.05) is 12.1 Å². The third-order valence-electron chi connectivity index (χ3n) is 3.04. The molecular formula is C17H10Cl2O2. The zero-order valence-electron chi connectivity index (χ0n) is 10.8. The average Bonchev–Trinajstić information content (AvgIpc) is 2.46. The van der Waals surface area contributed by atoms with Gasteiger partial charge in [0.2, 0.25) is 0 Å². The summed E-state index contributed by atoms with van der Waals surface area (Å²) < 4.78 is 5.67. The number of para-hydroxylation sites is 1. The Morgan fingerprint density at radius 2 is 1.76 bits per heavy atom. The van der Waals surface area contributed by atoms with Crippen LogP contribution in [-0.2, 0) is 0 Å². The van der Waals surface area contributed by atoms with Crippen LogP contribution in [0.15, 0.2) is 57.7 Å². The van der Waals surface area contributed by atoms with Crippen LogP contribution in [0.4, 0.5) is 0 Å². The minimum absolute atomic E-state index is 0.0706. The third kappa shape index (κ3) is 3.02. The highest BCUT2D eigenvalue weighted by atomic mass is 35.5. The van der Waals surface area contributed by atoms with Crippen molar-refractivity contribution in [3.8, 4) is 0 Å². The summed E-state index contributed by atoms with van der Waals surface area (Å²) in [6.07, 6.45) is 3.49. The molecule has 0 aliphatic rings. The van der Waals surface area contributed by atoms with Crippen LogP contribution in [0.5, 0.6) is 0 Å². The molecule has 3 aromatic rings. The second-order valence-corrected chi connectivity index (χ2v) is 5.35. The molecule has 2 aromatic carbocycles. The van der Waals surface area contributed by atoms with Gasteiger partial charge < -0.3 is 4.42 Å². The Morgan fingerprint density at radius 1 is 0.952 bits per heavy atom. The van der Waals surface area contributed by atoms with E-state index in [4.69, 9.17) is 27.6 Å². The number of halogens is 2. The van der Waals surface area contributed by atoms with Crippen LogP contribution in [0.2, 0.25) is 10.0 Å². The largest absolute Gasteiger partial charge is 0.456 e. The molecule has 21 heavy (non-hydrogen) atoms. The quantitative estimate of drug-likeness (QED) is 0.644. The highest BCUT2D eigenvalue weighted by Gasteiger charge is 2.02. The summed E-state index contributed by atoms with van der Waals surface area (Å²) in [5.74, 6) is 0.477. The second-order valence-electron chi connectivity index (χ2n) is 4.51. The molecule has 0 saturated heterocycles. The van der Waals surface area contributed by atoms with Gasteiger partial charge in [-0.3, -0.25) is 4.79 Å². The summed E-state index contributed by atoms with van der Waals surface area (Å²) in [5, 5.41) is 1.69. The maximum atomic E-state index is 12.0. The maximum Gasteiger partial charge on any atom is 0.193 e. The average molecular weight is 317 g/mol. The van der Waals surface area contributed by atoms with E-state index in [0.29, 0.717) is 26.8 Å². The molecule has 104 valence electrons. The Hall–Kier alpha value is -2.03. The van der Waals surface area contributed by atoms with E-state index >= 15 is 0 Å². The molecule has 0 aliphatic heterocycles. The van der Waals surface area contributed by atoms with Gasteiger partial charge in [-0.25, -0.2) is 0 Å². The zero-order chi connectivity index (χ0) is 14.8. The number of rotatable bonds is 2. The van der Waals surface area contributed by atoms with Gasteiger partial charge in [0.25, 0.3) is 0 Å². The minimum Gasteiger partial charge on any atom is -0.456 e. The number of benzene rings is 2. The van der Waals surface area contributed by atoms with E-state index in [9.17, 15) is 4.79 Å². The van der Waals surface area contributed by atoms with Crippen LogP contribution < -0.4 is 5.43 Å². The van der Waals surface area contributed by atoms with E-state index < -0.39 is 0 Å². The summed E-state index contributed by atoms with van der Waals surface area (Å²) in [5.41, 5.74) is 1.29. The van der Waals surface area contributed by atoms with E-state index in [1.165, 1.54) is 6.07 Å². The molecule has 0 saturated carbocycles. The first kappa shape index (κ1) is 13.9. The molecule has 0 amide bonds. The highest BCUT2D eigenvalue weighted by molar-refractivity contribution is 6.35. The molecule has 0 N–H and O–H groups in total. The normalized spacial score (nSPS) is 11.3. The molecule has 3 rings (SSSR count). The predicted molar refractivity (Wildman–Crippen MR) is 87.9 cm³/mol. The summed E-state index contributed by atoms with van der Waals surface area (Å²) >= 11 is 11.9. The molecule has 2 nitrogen and oxygen atoms in total. The molecule has 0 fully saturated rings. The van der Waals surface area contributed by atoms with Crippen molar-refractivity contribution < 1.29 is 4.42 Å². The van der Waals surface area contributed by atoms with Gasteiger partial charge in [0.05, 0.1) is 5.39 Å². The van der Waals surface area contributed by atoms with Gasteiger partial charge in [-0.15, -0.1) is 0 Å². The van der Waals surface area contributed by atoms with Crippen molar-refractivity contribution in [2.45, 2.75) is 0 Å². The van der Waals surface area contributed by atoms with Gasteiger partial charge in [0.15, 0.2) is 5.43 Å². The lowest BCUT2D eigenvalue weighted by Gasteiger charge is -2.00. The van der Waals surface area contributed by atoms with Gasteiger partial charge in [0, 0.05) is 16.1 Å². The fraction of sp³-hybridized carbons (Fsp3) is 0.